The molecule has 0 unspecified atom stereocenters. The van der Waals surface area contributed by atoms with E-state index in [2.05, 4.69) is 4.98 Å². The molecule has 3 nitrogen and oxygen atoms in total. The van der Waals surface area contributed by atoms with Crippen molar-refractivity contribution < 1.29 is 9.47 Å². The van der Waals surface area contributed by atoms with Crippen molar-refractivity contribution in [3.05, 3.63) is 47.2 Å². The molecular weight excluding hydrogens is 294 g/mol. The molecular formula is C15H14ClNO2S. The molecule has 1 aromatic carbocycles. The molecule has 0 radical (unpaired) electrons. The highest BCUT2D eigenvalue weighted by Gasteiger charge is 2.11. The monoisotopic (exact) mass is 307 g/mol. The Morgan fingerprint density at radius 1 is 1.15 bits per heavy atom. The molecule has 2 aromatic rings. The van der Waals surface area contributed by atoms with E-state index >= 15 is 0 Å². The lowest BCUT2D eigenvalue weighted by atomic mass is 10.3. The van der Waals surface area contributed by atoms with Crippen molar-refractivity contribution in [2.45, 2.75) is 17.1 Å². The van der Waals surface area contributed by atoms with Crippen LogP contribution in [0.5, 0.6) is 11.5 Å². The Labute approximate surface area is 127 Å². The fourth-order valence-corrected chi connectivity index (χ4v) is 3.10. The number of thioether (sulfide) groups is 1. The second-order valence-corrected chi connectivity index (χ2v) is 5.81. The first kappa shape index (κ1) is 13.6. The first-order valence-electron chi connectivity index (χ1n) is 6.45. The summed E-state index contributed by atoms with van der Waals surface area (Å²) in [4.78, 5) is 5.21. The van der Waals surface area contributed by atoms with E-state index in [1.54, 1.807) is 18.0 Å². The largest absolute Gasteiger partial charge is 0.490 e. The summed E-state index contributed by atoms with van der Waals surface area (Å²) in [5.41, 5.74) is 1.03. The van der Waals surface area contributed by atoms with Gasteiger partial charge in [-0.2, -0.15) is 0 Å². The van der Waals surface area contributed by atoms with Gasteiger partial charge in [-0.1, -0.05) is 17.7 Å². The van der Waals surface area contributed by atoms with Crippen LogP contribution in [-0.2, 0) is 5.75 Å². The van der Waals surface area contributed by atoms with Crippen molar-refractivity contribution in [1.82, 2.24) is 4.98 Å². The Kier molecular flexibility index (Phi) is 4.33. The molecule has 0 saturated heterocycles. The predicted octanol–water partition coefficient (Wildman–Crippen LogP) is 4.19. The molecule has 0 atom stereocenters. The summed E-state index contributed by atoms with van der Waals surface area (Å²) in [5, 5.41) is 0.564. The SMILES string of the molecule is Clc1ncccc1CSc1ccc2c(c1)OCCCO2. The van der Waals surface area contributed by atoms with E-state index in [0.717, 1.165) is 34.1 Å². The predicted molar refractivity (Wildman–Crippen MR) is 80.9 cm³/mol. The summed E-state index contributed by atoms with van der Waals surface area (Å²) < 4.78 is 11.3. The summed E-state index contributed by atoms with van der Waals surface area (Å²) >= 11 is 7.77. The van der Waals surface area contributed by atoms with Crippen molar-refractivity contribution in [3.8, 4) is 11.5 Å². The maximum Gasteiger partial charge on any atom is 0.162 e. The molecule has 0 N–H and O–H groups in total. The molecule has 1 aliphatic rings. The summed E-state index contributed by atoms with van der Waals surface area (Å²) in [6.07, 6.45) is 2.62. The zero-order valence-electron chi connectivity index (χ0n) is 10.8. The lowest BCUT2D eigenvalue weighted by molar-refractivity contribution is 0.297. The number of fused-ring (bicyclic) bond motifs is 1. The van der Waals surface area contributed by atoms with Crippen molar-refractivity contribution >= 4 is 23.4 Å². The van der Waals surface area contributed by atoms with Gasteiger partial charge in [0.15, 0.2) is 11.5 Å². The smallest absolute Gasteiger partial charge is 0.162 e. The Bertz CT molecular complexity index is 606. The highest BCUT2D eigenvalue weighted by Crippen LogP contribution is 2.35. The average Bonchev–Trinajstić information content (AvgIpc) is 2.71. The third-order valence-electron chi connectivity index (χ3n) is 2.95. The Balaban J connectivity index is 1.72. The summed E-state index contributed by atoms with van der Waals surface area (Å²) in [6, 6.07) is 9.92. The van der Waals surface area contributed by atoms with Crippen LogP contribution in [0.4, 0.5) is 0 Å². The Morgan fingerprint density at radius 3 is 2.85 bits per heavy atom. The van der Waals surface area contributed by atoms with Crippen molar-refractivity contribution in [2.24, 2.45) is 0 Å². The molecule has 20 heavy (non-hydrogen) atoms. The molecule has 0 bridgehead atoms. The molecule has 104 valence electrons. The molecule has 0 saturated carbocycles. The Hall–Kier alpha value is -1.39. The summed E-state index contributed by atoms with van der Waals surface area (Å²) in [6.45, 7) is 1.42. The standard InChI is InChI=1S/C15H14ClNO2S/c16-15-11(3-1-6-17-15)10-20-12-4-5-13-14(9-12)19-8-2-7-18-13/h1,3-6,9H,2,7-8,10H2. The topological polar surface area (TPSA) is 31.4 Å². The fraction of sp³-hybridized carbons (Fsp3) is 0.267. The molecule has 2 heterocycles. The van der Waals surface area contributed by atoms with Crippen LogP contribution >= 0.6 is 23.4 Å². The van der Waals surface area contributed by atoms with Gasteiger partial charge in [0, 0.05) is 23.3 Å². The van der Waals surface area contributed by atoms with Gasteiger partial charge in [0.25, 0.3) is 0 Å². The van der Waals surface area contributed by atoms with E-state index in [1.807, 2.05) is 30.3 Å². The second kappa shape index (κ2) is 6.37. The number of halogens is 1. The van der Waals surface area contributed by atoms with Crippen LogP contribution in [0.3, 0.4) is 0 Å². The zero-order chi connectivity index (χ0) is 13.8. The number of hydrogen-bond acceptors (Lipinski definition) is 4. The number of nitrogens with zero attached hydrogens (tertiary/aromatic N) is 1. The average molecular weight is 308 g/mol. The molecule has 3 rings (SSSR count). The maximum atomic E-state index is 6.06. The van der Waals surface area contributed by atoms with Gasteiger partial charge in [0.2, 0.25) is 0 Å². The first-order chi connectivity index (χ1) is 9.83. The Morgan fingerprint density at radius 2 is 2.00 bits per heavy atom. The van der Waals surface area contributed by atoms with E-state index in [1.165, 1.54) is 0 Å². The molecule has 0 amide bonds. The van der Waals surface area contributed by atoms with Gasteiger partial charge in [-0.05, 0) is 29.8 Å². The number of aromatic nitrogens is 1. The highest BCUT2D eigenvalue weighted by molar-refractivity contribution is 7.98. The molecule has 1 aromatic heterocycles. The highest BCUT2D eigenvalue weighted by atomic mass is 35.5. The van der Waals surface area contributed by atoms with E-state index < -0.39 is 0 Å². The molecule has 1 aliphatic heterocycles. The summed E-state index contributed by atoms with van der Waals surface area (Å²) in [5.74, 6) is 2.43. The first-order valence-corrected chi connectivity index (χ1v) is 7.81. The number of pyridine rings is 1. The number of ether oxygens (including phenoxy) is 2. The number of benzene rings is 1. The fourth-order valence-electron chi connectivity index (χ4n) is 1.92. The van der Waals surface area contributed by atoms with Crippen LogP contribution in [0, 0.1) is 0 Å². The molecule has 0 aliphatic carbocycles. The van der Waals surface area contributed by atoms with Gasteiger partial charge in [0.05, 0.1) is 13.2 Å². The second-order valence-electron chi connectivity index (χ2n) is 4.40. The zero-order valence-corrected chi connectivity index (χ0v) is 12.4. The van der Waals surface area contributed by atoms with E-state index in [-0.39, 0.29) is 0 Å². The summed E-state index contributed by atoms with van der Waals surface area (Å²) in [7, 11) is 0. The minimum atomic E-state index is 0.564. The van der Waals surface area contributed by atoms with Crippen LogP contribution in [0.2, 0.25) is 5.15 Å². The van der Waals surface area contributed by atoms with Crippen LogP contribution in [-0.4, -0.2) is 18.2 Å². The third-order valence-corrected chi connectivity index (χ3v) is 4.33. The van der Waals surface area contributed by atoms with Gasteiger partial charge >= 0.3 is 0 Å². The minimum absolute atomic E-state index is 0.564. The van der Waals surface area contributed by atoms with Crippen LogP contribution < -0.4 is 9.47 Å². The normalized spacial score (nSPS) is 13.8. The van der Waals surface area contributed by atoms with E-state index in [9.17, 15) is 0 Å². The van der Waals surface area contributed by atoms with Crippen LogP contribution in [0.25, 0.3) is 0 Å². The lowest BCUT2D eigenvalue weighted by Gasteiger charge is -2.09. The number of hydrogen-bond donors (Lipinski definition) is 0. The minimum Gasteiger partial charge on any atom is -0.490 e. The van der Waals surface area contributed by atoms with Crippen LogP contribution in [0.1, 0.15) is 12.0 Å². The number of rotatable bonds is 3. The van der Waals surface area contributed by atoms with E-state index in [4.69, 9.17) is 21.1 Å². The molecule has 5 heteroatoms. The quantitative estimate of drug-likeness (QED) is 0.628. The third kappa shape index (κ3) is 3.19. The van der Waals surface area contributed by atoms with Crippen molar-refractivity contribution in [2.75, 3.05) is 13.2 Å². The van der Waals surface area contributed by atoms with Crippen LogP contribution in [0.15, 0.2) is 41.4 Å². The van der Waals surface area contributed by atoms with E-state index in [0.29, 0.717) is 18.4 Å². The molecule has 0 fully saturated rings. The van der Waals surface area contributed by atoms with Gasteiger partial charge in [-0.15, -0.1) is 11.8 Å². The van der Waals surface area contributed by atoms with Gasteiger partial charge < -0.3 is 9.47 Å². The van der Waals surface area contributed by atoms with Crippen molar-refractivity contribution in [1.29, 1.82) is 0 Å². The molecule has 0 spiro atoms. The maximum absolute atomic E-state index is 6.06. The van der Waals surface area contributed by atoms with Gasteiger partial charge in [0.1, 0.15) is 5.15 Å². The lowest BCUT2D eigenvalue weighted by Crippen LogP contribution is -1.97. The van der Waals surface area contributed by atoms with Gasteiger partial charge in [-0.25, -0.2) is 4.98 Å². The van der Waals surface area contributed by atoms with Crippen molar-refractivity contribution in [3.63, 3.8) is 0 Å². The van der Waals surface area contributed by atoms with Gasteiger partial charge in [-0.3, -0.25) is 0 Å².